The van der Waals surface area contributed by atoms with Crippen LogP contribution in [0.3, 0.4) is 0 Å². The fraction of sp³-hybridized carbons (Fsp3) is 0.588. The number of likely N-dealkylation sites (tertiary alicyclic amines) is 1. The lowest BCUT2D eigenvalue weighted by atomic mass is 10.1. The van der Waals surface area contributed by atoms with Crippen LogP contribution in [0.2, 0.25) is 0 Å². The van der Waals surface area contributed by atoms with Gasteiger partial charge in [-0.3, -0.25) is 9.59 Å². The first-order chi connectivity index (χ1) is 11.3. The Labute approximate surface area is 171 Å². The van der Waals surface area contributed by atoms with E-state index in [2.05, 4.69) is 10.3 Å². The Hall–Kier alpha value is -1.02. The van der Waals surface area contributed by atoms with E-state index in [-0.39, 0.29) is 41.9 Å². The van der Waals surface area contributed by atoms with E-state index in [0.29, 0.717) is 17.1 Å². The first kappa shape index (κ1) is 25.0. The van der Waals surface area contributed by atoms with Gasteiger partial charge in [-0.25, -0.2) is 4.98 Å². The highest BCUT2D eigenvalue weighted by Crippen LogP contribution is 2.26. The molecule has 1 unspecified atom stereocenters. The summed E-state index contributed by atoms with van der Waals surface area (Å²) in [5.41, 5.74) is 5.90. The summed E-state index contributed by atoms with van der Waals surface area (Å²) >= 11 is 1.33. The smallest absolute Gasteiger partial charge is 0.254 e. The lowest BCUT2D eigenvalue weighted by molar-refractivity contribution is -0.129. The van der Waals surface area contributed by atoms with Crippen molar-refractivity contribution in [2.45, 2.75) is 49.4 Å². The van der Waals surface area contributed by atoms with Crippen LogP contribution in [0.1, 0.15) is 44.0 Å². The highest BCUT2D eigenvalue weighted by molar-refractivity contribution is 8.00. The molecular weight excluding hydrogens is 395 g/mol. The lowest BCUT2D eigenvalue weighted by Crippen LogP contribution is -2.45. The van der Waals surface area contributed by atoms with Crippen LogP contribution >= 0.6 is 36.6 Å². The van der Waals surface area contributed by atoms with Crippen LogP contribution in [-0.4, -0.2) is 52.1 Å². The van der Waals surface area contributed by atoms with Crippen molar-refractivity contribution in [1.29, 1.82) is 0 Å². The molecular formula is C17H28Cl2N4O2S. The normalized spacial score (nSPS) is 14.8. The van der Waals surface area contributed by atoms with E-state index < -0.39 is 5.54 Å². The number of thioether (sulfide) groups is 1. The van der Waals surface area contributed by atoms with Crippen LogP contribution in [0.15, 0.2) is 23.4 Å². The van der Waals surface area contributed by atoms with E-state index in [1.165, 1.54) is 11.8 Å². The Morgan fingerprint density at radius 1 is 1.35 bits per heavy atom. The van der Waals surface area contributed by atoms with Crippen LogP contribution in [0.4, 0.5) is 0 Å². The van der Waals surface area contributed by atoms with E-state index in [0.717, 1.165) is 25.9 Å². The molecule has 0 radical (unpaired) electrons. The maximum atomic E-state index is 12.4. The van der Waals surface area contributed by atoms with Gasteiger partial charge in [0.25, 0.3) is 5.91 Å². The second-order valence-corrected chi connectivity index (χ2v) is 8.15. The van der Waals surface area contributed by atoms with Gasteiger partial charge in [0.15, 0.2) is 0 Å². The lowest BCUT2D eigenvalue weighted by Gasteiger charge is -2.21. The first-order valence-corrected chi connectivity index (χ1v) is 9.13. The van der Waals surface area contributed by atoms with Gasteiger partial charge in [0.2, 0.25) is 5.91 Å². The number of carbonyl (C=O) groups excluding carboxylic acids is 2. The van der Waals surface area contributed by atoms with Crippen LogP contribution < -0.4 is 11.1 Å². The zero-order chi connectivity index (χ0) is 17.7. The molecule has 9 heteroatoms. The summed E-state index contributed by atoms with van der Waals surface area (Å²) in [4.78, 5) is 31.0. The molecule has 3 N–H and O–H groups in total. The van der Waals surface area contributed by atoms with Crippen molar-refractivity contribution in [3.05, 3.63) is 23.9 Å². The van der Waals surface area contributed by atoms with Gasteiger partial charge in [-0.2, -0.15) is 0 Å². The molecule has 1 aromatic heterocycles. The number of nitrogens with zero attached hydrogens (tertiary/aromatic N) is 2. The van der Waals surface area contributed by atoms with E-state index in [4.69, 9.17) is 5.73 Å². The molecule has 0 saturated carbocycles. The fourth-order valence-electron chi connectivity index (χ4n) is 2.47. The summed E-state index contributed by atoms with van der Waals surface area (Å²) in [6.45, 7) is 7.58. The minimum absolute atomic E-state index is 0. The highest BCUT2D eigenvalue weighted by Gasteiger charge is 2.26. The monoisotopic (exact) mass is 422 g/mol. The molecule has 26 heavy (non-hydrogen) atoms. The second kappa shape index (κ2) is 11.0. The zero-order valence-corrected chi connectivity index (χ0v) is 17.8. The number of pyridine rings is 1. The standard InChI is InChI=1S/C17H26N4O2S.2ClH/c1-12(16(23)21-9-4-5-10-21)24-15-13(7-6-8-19-15)14(22)20-11-17(2,3)18;;/h6-8,12H,4-5,9-11,18H2,1-3H3,(H,20,22);2*1H. The Kier molecular flexibility index (Phi) is 10.5. The van der Waals surface area contributed by atoms with Crippen molar-refractivity contribution in [2.24, 2.45) is 5.73 Å². The van der Waals surface area contributed by atoms with E-state index in [1.807, 2.05) is 25.7 Å². The summed E-state index contributed by atoms with van der Waals surface area (Å²) < 4.78 is 0. The van der Waals surface area contributed by atoms with Gasteiger partial charge in [-0.05, 0) is 45.7 Å². The van der Waals surface area contributed by atoms with Gasteiger partial charge < -0.3 is 16.0 Å². The quantitative estimate of drug-likeness (QED) is 0.687. The fourth-order valence-corrected chi connectivity index (χ4v) is 3.47. The summed E-state index contributed by atoms with van der Waals surface area (Å²) in [6.07, 6.45) is 3.77. The van der Waals surface area contributed by atoms with Crippen LogP contribution in [-0.2, 0) is 4.79 Å². The van der Waals surface area contributed by atoms with Gasteiger partial charge in [-0.15, -0.1) is 24.8 Å². The molecule has 0 aromatic carbocycles. The van der Waals surface area contributed by atoms with Gasteiger partial charge in [-0.1, -0.05) is 11.8 Å². The number of hydrogen-bond donors (Lipinski definition) is 2. The van der Waals surface area contributed by atoms with Crippen LogP contribution in [0, 0.1) is 0 Å². The van der Waals surface area contributed by atoms with Gasteiger partial charge >= 0.3 is 0 Å². The van der Waals surface area contributed by atoms with Gasteiger partial charge in [0, 0.05) is 31.4 Å². The summed E-state index contributed by atoms with van der Waals surface area (Å²) in [5.74, 6) is -0.109. The number of nitrogens with two attached hydrogens (primary N) is 1. The average molecular weight is 423 g/mol. The maximum absolute atomic E-state index is 12.4. The number of halogens is 2. The molecule has 1 aliphatic heterocycles. The third-order valence-electron chi connectivity index (χ3n) is 3.77. The third-order valence-corrected chi connectivity index (χ3v) is 4.88. The molecule has 148 valence electrons. The Bertz CT molecular complexity index is 605. The molecule has 0 aliphatic carbocycles. The SMILES string of the molecule is CC(Sc1ncccc1C(=O)NCC(C)(C)N)C(=O)N1CCCC1.Cl.Cl. The minimum atomic E-state index is -0.482. The number of rotatable bonds is 6. The predicted octanol–water partition coefficient (Wildman–Crippen LogP) is 2.50. The van der Waals surface area contributed by atoms with Crippen molar-refractivity contribution in [3.8, 4) is 0 Å². The largest absolute Gasteiger partial charge is 0.350 e. The number of carbonyl (C=O) groups is 2. The van der Waals surface area contributed by atoms with Crippen molar-refractivity contribution >= 4 is 48.4 Å². The number of aromatic nitrogens is 1. The minimum Gasteiger partial charge on any atom is -0.350 e. The van der Waals surface area contributed by atoms with Gasteiger partial charge in [0.05, 0.1) is 10.8 Å². The number of amides is 2. The molecule has 2 rings (SSSR count). The second-order valence-electron chi connectivity index (χ2n) is 6.82. The molecule has 1 saturated heterocycles. The van der Waals surface area contributed by atoms with Crippen LogP contribution in [0.5, 0.6) is 0 Å². The molecule has 6 nitrogen and oxygen atoms in total. The van der Waals surface area contributed by atoms with Crippen molar-refractivity contribution in [2.75, 3.05) is 19.6 Å². The molecule has 1 atom stereocenters. The molecule has 1 fully saturated rings. The molecule has 1 aliphatic rings. The summed E-state index contributed by atoms with van der Waals surface area (Å²) in [6, 6.07) is 3.45. The Morgan fingerprint density at radius 2 is 1.96 bits per heavy atom. The molecule has 2 amide bonds. The van der Waals surface area contributed by atoms with Gasteiger partial charge in [0.1, 0.15) is 5.03 Å². The molecule has 0 bridgehead atoms. The highest BCUT2D eigenvalue weighted by atomic mass is 35.5. The number of nitrogens with one attached hydrogen (secondary N) is 1. The summed E-state index contributed by atoms with van der Waals surface area (Å²) in [7, 11) is 0. The van der Waals surface area contributed by atoms with Crippen molar-refractivity contribution in [1.82, 2.24) is 15.2 Å². The zero-order valence-electron chi connectivity index (χ0n) is 15.4. The molecule has 0 spiro atoms. The predicted molar refractivity (Wildman–Crippen MR) is 110 cm³/mol. The number of hydrogen-bond acceptors (Lipinski definition) is 5. The molecule has 1 aromatic rings. The Balaban J connectivity index is 0.00000312. The van der Waals surface area contributed by atoms with E-state index in [9.17, 15) is 9.59 Å². The van der Waals surface area contributed by atoms with Crippen molar-refractivity contribution < 1.29 is 9.59 Å². The maximum Gasteiger partial charge on any atom is 0.254 e. The average Bonchev–Trinajstić information content (AvgIpc) is 3.06. The van der Waals surface area contributed by atoms with Crippen molar-refractivity contribution in [3.63, 3.8) is 0 Å². The first-order valence-electron chi connectivity index (χ1n) is 8.25. The third kappa shape index (κ3) is 7.31. The molecule has 2 heterocycles. The summed E-state index contributed by atoms with van der Waals surface area (Å²) in [5, 5.41) is 3.13. The van der Waals surface area contributed by atoms with E-state index >= 15 is 0 Å². The topological polar surface area (TPSA) is 88.3 Å². The Morgan fingerprint density at radius 3 is 2.54 bits per heavy atom. The van der Waals surface area contributed by atoms with E-state index in [1.54, 1.807) is 18.3 Å². The van der Waals surface area contributed by atoms with Crippen LogP contribution in [0.25, 0.3) is 0 Å².